The zero-order valence-corrected chi connectivity index (χ0v) is 13.4. The average molecular weight is 302 g/mol. The molecule has 0 aromatic heterocycles. The summed E-state index contributed by atoms with van der Waals surface area (Å²) < 4.78 is 0. The van der Waals surface area contributed by atoms with Crippen LogP contribution in [0.25, 0.3) is 0 Å². The van der Waals surface area contributed by atoms with Gasteiger partial charge in [0.1, 0.15) is 0 Å². The predicted octanol–water partition coefficient (Wildman–Crippen LogP) is 4.54. The number of carbonyl (C=O) groups excluding carboxylic acids is 1. The van der Waals surface area contributed by atoms with Gasteiger partial charge in [-0.1, -0.05) is 43.1 Å². The molecule has 0 N–H and O–H groups in total. The van der Waals surface area contributed by atoms with Crippen molar-refractivity contribution in [3.05, 3.63) is 33.8 Å². The van der Waals surface area contributed by atoms with E-state index >= 15 is 0 Å². The Balaban J connectivity index is 2.63. The van der Waals surface area contributed by atoms with Crippen molar-refractivity contribution in [2.75, 3.05) is 13.6 Å². The highest BCUT2D eigenvalue weighted by Crippen LogP contribution is 2.26. The van der Waals surface area contributed by atoms with Crippen molar-refractivity contribution in [3.63, 3.8) is 0 Å². The maximum Gasteiger partial charge on any atom is 0.165 e. The largest absolute Gasteiger partial charge is 0.303 e. The Kier molecular flexibility index (Phi) is 6.31. The quantitative estimate of drug-likeness (QED) is 0.719. The predicted molar refractivity (Wildman–Crippen MR) is 82.3 cm³/mol. The molecule has 0 radical (unpaired) electrons. The van der Waals surface area contributed by atoms with Crippen LogP contribution in [0, 0.1) is 5.92 Å². The summed E-state index contributed by atoms with van der Waals surface area (Å²) in [6.07, 6.45) is 0.452. The van der Waals surface area contributed by atoms with Gasteiger partial charge in [-0.3, -0.25) is 4.79 Å². The maximum atomic E-state index is 12.1. The molecule has 0 amide bonds. The number of hydrogen-bond donors (Lipinski definition) is 0. The summed E-state index contributed by atoms with van der Waals surface area (Å²) in [5.74, 6) is 0.602. The van der Waals surface area contributed by atoms with Crippen LogP contribution >= 0.6 is 23.2 Å². The van der Waals surface area contributed by atoms with Crippen LogP contribution in [0.2, 0.25) is 10.0 Å². The second kappa shape index (κ2) is 7.28. The lowest BCUT2D eigenvalue weighted by Gasteiger charge is -2.27. The Hall–Kier alpha value is -0.570. The number of benzene rings is 1. The molecule has 2 nitrogen and oxygen atoms in total. The van der Waals surface area contributed by atoms with E-state index in [0.29, 0.717) is 34.0 Å². The fraction of sp³-hybridized carbons (Fsp3) is 0.533. The van der Waals surface area contributed by atoms with Gasteiger partial charge in [-0.15, -0.1) is 0 Å². The van der Waals surface area contributed by atoms with Crippen molar-refractivity contribution >= 4 is 29.0 Å². The lowest BCUT2D eigenvalue weighted by molar-refractivity contribution is 0.0955. The number of nitrogens with zero attached hydrogens (tertiary/aromatic N) is 1. The lowest BCUT2D eigenvalue weighted by atomic mass is 10.0. The molecule has 1 unspecified atom stereocenters. The zero-order chi connectivity index (χ0) is 14.6. The first kappa shape index (κ1) is 16.5. The Morgan fingerprint density at radius 2 is 1.89 bits per heavy atom. The fourth-order valence-electron chi connectivity index (χ4n) is 1.84. The Morgan fingerprint density at radius 3 is 2.47 bits per heavy atom. The van der Waals surface area contributed by atoms with Gasteiger partial charge in [-0.25, -0.2) is 0 Å². The van der Waals surface area contributed by atoms with E-state index in [4.69, 9.17) is 23.2 Å². The number of hydrogen-bond acceptors (Lipinski definition) is 2. The smallest absolute Gasteiger partial charge is 0.165 e. The van der Waals surface area contributed by atoms with Gasteiger partial charge >= 0.3 is 0 Å². The summed E-state index contributed by atoms with van der Waals surface area (Å²) >= 11 is 12.0. The number of carbonyl (C=O) groups is 1. The number of Topliss-reactive ketones (excluding diaryl/α,β-unsaturated/α-hetero) is 1. The van der Waals surface area contributed by atoms with Crippen molar-refractivity contribution in [2.45, 2.75) is 33.2 Å². The molecule has 1 aromatic carbocycles. The third-order valence-electron chi connectivity index (χ3n) is 3.60. The molecule has 0 aliphatic rings. The number of ketones is 1. The molecule has 0 saturated heterocycles. The van der Waals surface area contributed by atoms with Crippen LogP contribution in [0.5, 0.6) is 0 Å². The van der Waals surface area contributed by atoms with Crippen LogP contribution in [0.4, 0.5) is 0 Å². The van der Waals surface area contributed by atoms with E-state index in [1.165, 1.54) is 0 Å². The maximum absolute atomic E-state index is 12.1. The van der Waals surface area contributed by atoms with Crippen LogP contribution in [0.15, 0.2) is 18.2 Å². The van der Waals surface area contributed by atoms with Crippen LogP contribution < -0.4 is 0 Å². The van der Waals surface area contributed by atoms with Gasteiger partial charge in [0.2, 0.25) is 0 Å². The zero-order valence-electron chi connectivity index (χ0n) is 11.9. The third-order valence-corrected chi connectivity index (χ3v) is 4.42. The Labute approximate surface area is 125 Å². The molecule has 1 atom stereocenters. The van der Waals surface area contributed by atoms with Crippen molar-refractivity contribution < 1.29 is 4.79 Å². The molecule has 0 saturated carbocycles. The summed E-state index contributed by atoms with van der Waals surface area (Å²) in [7, 11) is 2.04. The van der Waals surface area contributed by atoms with Crippen LogP contribution in [0.1, 0.15) is 37.6 Å². The summed E-state index contributed by atoms with van der Waals surface area (Å²) in [6.45, 7) is 7.25. The standard InChI is InChI=1S/C15H21Cl2NO/c1-10(2)11(3)18(4)9-8-14(19)12-6-5-7-13(16)15(12)17/h5-7,10-11H,8-9H2,1-4H3. The van der Waals surface area contributed by atoms with Crippen LogP contribution in [-0.4, -0.2) is 30.3 Å². The monoisotopic (exact) mass is 301 g/mol. The molecule has 0 spiro atoms. The molecule has 1 rings (SSSR count). The second-order valence-corrected chi connectivity index (χ2v) is 6.02. The van der Waals surface area contributed by atoms with Gasteiger partial charge in [0.05, 0.1) is 10.0 Å². The minimum Gasteiger partial charge on any atom is -0.303 e. The normalized spacial score (nSPS) is 13.1. The minimum atomic E-state index is 0.0373. The fourth-order valence-corrected chi connectivity index (χ4v) is 2.25. The Morgan fingerprint density at radius 1 is 1.26 bits per heavy atom. The highest BCUT2D eigenvalue weighted by molar-refractivity contribution is 6.43. The summed E-state index contributed by atoms with van der Waals surface area (Å²) in [4.78, 5) is 14.3. The minimum absolute atomic E-state index is 0.0373. The van der Waals surface area contributed by atoms with Crippen molar-refractivity contribution in [1.29, 1.82) is 0 Å². The number of halogens is 2. The molecule has 0 aliphatic carbocycles. The van der Waals surface area contributed by atoms with E-state index in [1.54, 1.807) is 18.2 Å². The highest BCUT2D eigenvalue weighted by Gasteiger charge is 2.16. The first-order valence-corrected chi connectivity index (χ1v) is 7.27. The topological polar surface area (TPSA) is 20.3 Å². The van der Waals surface area contributed by atoms with Gasteiger partial charge in [0.15, 0.2) is 5.78 Å². The first-order valence-electron chi connectivity index (χ1n) is 6.52. The summed E-state index contributed by atoms with van der Waals surface area (Å²) in [6, 6.07) is 5.61. The Bertz CT molecular complexity index is 446. The molecule has 0 bridgehead atoms. The van der Waals surface area contributed by atoms with Crippen molar-refractivity contribution in [3.8, 4) is 0 Å². The molecule has 106 valence electrons. The van der Waals surface area contributed by atoms with Crippen LogP contribution in [0.3, 0.4) is 0 Å². The lowest BCUT2D eigenvalue weighted by Crippen LogP contribution is -2.34. The third kappa shape index (κ3) is 4.48. The van der Waals surface area contributed by atoms with E-state index in [2.05, 4.69) is 25.7 Å². The van der Waals surface area contributed by atoms with E-state index in [-0.39, 0.29) is 5.78 Å². The first-order chi connectivity index (χ1) is 8.84. The molecule has 4 heteroatoms. The van der Waals surface area contributed by atoms with E-state index in [0.717, 1.165) is 6.54 Å². The molecule has 0 heterocycles. The molecule has 1 aromatic rings. The van der Waals surface area contributed by atoms with E-state index in [1.807, 2.05) is 7.05 Å². The van der Waals surface area contributed by atoms with E-state index in [9.17, 15) is 4.79 Å². The molecule has 0 fully saturated rings. The molecule has 19 heavy (non-hydrogen) atoms. The summed E-state index contributed by atoms with van der Waals surface area (Å²) in [5.41, 5.74) is 0.514. The van der Waals surface area contributed by atoms with Gasteiger partial charge in [-0.2, -0.15) is 0 Å². The van der Waals surface area contributed by atoms with Crippen molar-refractivity contribution in [2.24, 2.45) is 5.92 Å². The van der Waals surface area contributed by atoms with Crippen LogP contribution in [-0.2, 0) is 0 Å². The average Bonchev–Trinajstić information content (AvgIpc) is 2.37. The number of rotatable bonds is 6. The second-order valence-electron chi connectivity index (χ2n) is 5.24. The molecular weight excluding hydrogens is 281 g/mol. The van der Waals surface area contributed by atoms with Gasteiger partial charge in [0, 0.05) is 24.6 Å². The molecule has 0 aliphatic heterocycles. The van der Waals surface area contributed by atoms with Crippen molar-refractivity contribution in [1.82, 2.24) is 4.90 Å². The van der Waals surface area contributed by atoms with Gasteiger partial charge in [0.25, 0.3) is 0 Å². The summed E-state index contributed by atoms with van der Waals surface area (Å²) in [5, 5.41) is 0.783. The van der Waals surface area contributed by atoms with E-state index < -0.39 is 0 Å². The SMILES string of the molecule is CC(C)C(C)N(C)CCC(=O)c1cccc(Cl)c1Cl. The van der Waals surface area contributed by atoms with Gasteiger partial charge < -0.3 is 4.90 Å². The van der Waals surface area contributed by atoms with Gasteiger partial charge in [-0.05, 0) is 32.0 Å². The molecular formula is C15H21Cl2NO. The highest BCUT2D eigenvalue weighted by atomic mass is 35.5.